The van der Waals surface area contributed by atoms with Gasteiger partial charge in [-0.3, -0.25) is 9.69 Å². The number of benzene rings is 1. The standard InChI is InChI=1S/C16H25NO4/c1-20-10-8-17(9-11-21-2)15(13-16(18)19)12-14-6-4-3-5-7-14/h3-7,15H,8-13H2,1-2H3,(H,18,19). The fourth-order valence-corrected chi connectivity index (χ4v) is 2.31. The zero-order valence-corrected chi connectivity index (χ0v) is 12.8. The molecular formula is C16H25NO4. The third-order valence-corrected chi connectivity index (χ3v) is 3.41. The van der Waals surface area contributed by atoms with Gasteiger partial charge >= 0.3 is 5.97 Å². The molecule has 0 bridgehead atoms. The first-order valence-corrected chi connectivity index (χ1v) is 7.15. The molecule has 0 spiro atoms. The summed E-state index contributed by atoms with van der Waals surface area (Å²) in [5.41, 5.74) is 1.14. The van der Waals surface area contributed by atoms with E-state index in [9.17, 15) is 9.90 Å². The van der Waals surface area contributed by atoms with Crippen LogP contribution in [-0.4, -0.2) is 62.5 Å². The van der Waals surface area contributed by atoms with Crippen LogP contribution in [0, 0.1) is 0 Å². The number of aliphatic carboxylic acids is 1. The van der Waals surface area contributed by atoms with E-state index < -0.39 is 5.97 Å². The van der Waals surface area contributed by atoms with E-state index >= 15 is 0 Å². The topological polar surface area (TPSA) is 59.0 Å². The van der Waals surface area contributed by atoms with E-state index in [0.29, 0.717) is 32.7 Å². The van der Waals surface area contributed by atoms with Gasteiger partial charge in [0.1, 0.15) is 0 Å². The quantitative estimate of drug-likeness (QED) is 0.673. The maximum atomic E-state index is 11.2. The van der Waals surface area contributed by atoms with Gasteiger partial charge in [0.15, 0.2) is 0 Å². The van der Waals surface area contributed by atoms with E-state index in [4.69, 9.17) is 9.47 Å². The summed E-state index contributed by atoms with van der Waals surface area (Å²) in [5.74, 6) is -0.782. The van der Waals surface area contributed by atoms with Gasteiger partial charge in [0.05, 0.1) is 19.6 Å². The summed E-state index contributed by atoms with van der Waals surface area (Å²) < 4.78 is 10.3. The normalized spacial score (nSPS) is 12.5. The molecular weight excluding hydrogens is 270 g/mol. The Morgan fingerprint density at radius 3 is 2.19 bits per heavy atom. The van der Waals surface area contributed by atoms with Crippen molar-refractivity contribution in [2.75, 3.05) is 40.5 Å². The van der Waals surface area contributed by atoms with E-state index in [1.54, 1.807) is 14.2 Å². The molecule has 0 aliphatic carbocycles. The van der Waals surface area contributed by atoms with Gasteiger partial charge in [0, 0.05) is 33.4 Å². The predicted molar refractivity (Wildman–Crippen MR) is 81.5 cm³/mol. The fourth-order valence-electron chi connectivity index (χ4n) is 2.31. The van der Waals surface area contributed by atoms with Crippen molar-refractivity contribution in [1.82, 2.24) is 4.90 Å². The molecule has 0 saturated heterocycles. The largest absolute Gasteiger partial charge is 0.481 e. The summed E-state index contributed by atoms with van der Waals surface area (Å²) in [6.45, 7) is 2.55. The first-order valence-electron chi connectivity index (χ1n) is 7.15. The monoisotopic (exact) mass is 295 g/mol. The van der Waals surface area contributed by atoms with Crippen LogP contribution in [0.2, 0.25) is 0 Å². The number of carboxylic acids is 1. The molecule has 5 nitrogen and oxygen atoms in total. The molecule has 1 aromatic rings. The Kier molecular flexibility index (Phi) is 8.66. The van der Waals surface area contributed by atoms with Crippen LogP contribution in [0.3, 0.4) is 0 Å². The Hall–Kier alpha value is -1.43. The zero-order chi connectivity index (χ0) is 15.5. The van der Waals surface area contributed by atoms with Gasteiger partial charge in [-0.05, 0) is 12.0 Å². The van der Waals surface area contributed by atoms with Gasteiger partial charge in [-0.2, -0.15) is 0 Å². The maximum absolute atomic E-state index is 11.2. The van der Waals surface area contributed by atoms with E-state index in [1.165, 1.54) is 0 Å². The van der Waals surface area contributed by atoms with Crippen LogP contribution in [0.4, 0.5) is 0 Å². The smallest absolute Gasteiger partial charge is 0.304 e. The molecule has 0 aliphatic rings. The Balaban J connectivity index is 2.76. The van der Waals surface area contributed by atoms with Gasteiger partial charge in [-0.25, -0.2) is 0 Å². The summed E-state index contributed by atoms with van der Waals surface area (Å²) >= 11 is 0. The summed E-state index contributed by atoms with van der Waals surface area (Å²) in [6, 6.07) is 9.90. The summed E-state index contributed by atoms with van der Waals surface area (Å²) in [7, 11) is 3.30. The number of carbonyl (C=O) groups is 1. The lowest BCUT2D eigenvalue weighted by Gasteiger charge is -2.30. The molecule has 1 N–H and O–H groups in total. The van der Waals surface area contributed by atoms with Gasteiger partial charge in [-0.1, -0.05) is 30.3 Å². The molecule has 118 valence electrons. The summed E-state index contributed by atoms with van der Waals surface area (Å²) in [4.78, 5) is 13.3. The minimum Gasteiger partial charge on any atom is -0.481 e. The second kappa shape index (κ2) is 10.3. The molecule has 0 aliphatic heterocycles. The van der Waals surface area contributed by atoms with Crippen LogP contribution in [0.25, 0.3) is 0 Å². The van der Waals surface area contributed by atoms with Crippen LogP contribution in [0.15, 0.2) is 30.3 Å². The highest BCUT2D eigenvalue weighted by atomic mass is 16.5. The van der Waals surface area contributed by atoms with Crippen LogP contribution in [-0.2, 0) is 20.7 Å². The van der Waals surface area contributed by atoms with Crippen molar-refractivity contribution in [1.29, 1.82) is 0 Å². The highest BCUT2D eigenvalue weighted by molar-refractivity contribution is 5.67. The maximum Gasteiger partial charge on any atom is 0.304 e. The molecule has 0 aromatic heterocycles. The Labute approximate surface area is 126 Å². The van der Waals surface area contributed by atoms with E-state index in [2.05, 4.69) is 4.90 Å². The third kappa shape index (κ3) is 7.22. The summed E-state index contributed by atoms with van der Waals surface area (Å²) in [6.07, 6.45) is 0.822. The molecule has 0 amide bonds. The number of hydrogen-bond donors (Lipinski definition) is 1. The number of carboxylic acid groups (broad SMARTS) is 1. The lowest BCUT2D eigenvalue weighted by atomic mass is 10.0. The summed E-state index contributed by atoms with van der Waals surface area (Å²) in [5, 5.41) is 9.17. The lowest BCUT2D eigenvalue weighted by molar-refractivity contribution is -0.138. The van der Waals surface area contributed by atoms with Crippen molar-refractivity contribution in [3.63, 3.8) is 0 Å². The van der Waals surface area contributed by atoms with Crippen LogP contribution < -0.4 is 0 Å². The Morgan fingerprint density at radius 1 is 1.14 bits per heavy atom. The molecule has 0 saturated carbocycles. The molecule has 1 unspecified atom stereocenters. The minimum atomic E-state index is -0.782. The number of rotatable bonds is 11. The average molecular weight is 295 g/mol. The predicted octanol–water partition coefficient (Wildman–Crippen LogP) is 1.67. The highest BCUT2D eigenvalue weighted by Gasteiger charge is 2.21. The first-order chi connectivity index (χ1) is 10.2. The number of methoxy groups -OCH3 is 2. The Morgan fingerprint density at radius 2 is 1.71 bits per heavy atom. The second-order valence-corrected chi connectivity index (χ2v) is 4.96. The molecule has 5 heteroatoms. The molecule has 1 rings (SSSR count). The van der Waals surface area contributed by atoms with Crippen molar-refractivity contribution in [3.8, 4) is 0 Å². The molecule has 1 atom stereocenters. The average Bonchev–Trinajstić information content (AvgIpc) is 2.47. The van der Waals surface area contributed by atoms with Crippen molar-refractivity contribution in [2.24, 2.45) is 0 Å². The molecule has 0 radical (unpaired) electrons. The van der Waals surface area contributed by atoms with Crippen molar-refractivity contribution in [2.45, 2.75) is 18.9 Å². The molecule has 21 heavy (non-hydrogen) atoms. The zero-order valence-electron chi connectivity index (χ0n) is 12.8. The third-order valence-electron chi connectivity index (χ3n) is 3.41. The lowest BCUT2D eigenvalue weighted by Crippen LogP contribution is -2.42. The van der Waals surface area contributed by atoms with Crippen LogP contribution >= 0.6 is 0 Å². The van der Waals surface area contributed by atoms with Crippen molar-refractivity contribution in [3.05, 3.63) is 35.9 Å². The van der Waals surface area contributed by atoms with Gasteiger partial charge < -0.3 is 14.6 Å². The molecule has 0 heterocycles. The van der Waals surface area contributed by atoms with Gasteiger partial charge in [0.2, 0.25) is 0 Å². The highest BCUT2D eigenvalue weighted by Crippen LogP contribution is 2.12. The van der Waals surface area contributed by atoms with E-state index in [0.717, 1.165) is 5.56 Å². The first kappa shape index (κ1) is 17.6. The molecule has 1 aromatic carbocycles. The fraction of sp³-hybridized carbons (Fsp3) is 0.562. The van der Waals surface area contributed by atoms with Crippen molar-refractivity contribution >= 4 is 5.97 Å². The van der Waals surface area contributed by atoms with Crippen molar-refractivity contribution < 1.29 is 19.4 Å². The molecule has 0 fully saturated rings. The second-order valence-electron chi connectivity index (χ2n) is 4.96. The van der Waals surface area contributed by atoms with E-state index in [1.807, 2.05) is 30.3 Å². The van der Waals surface area contributed by atoms with Crippen LogP contribution in [0.5, 0.6) is 0 Å². The number of nitrogens with zero attached hydrogens (tertiary/aromatic N) is 1. The number of hydrogen-bond acceptors (Lipinski definition) is 4. The number of ether oxygens (including phenoxy) is 2. The Bertz CT molecular complexity index is 389. The van der Waals surface area contributed by atoms with E-state index in [-0.39, 0.29) is 12.5 Å². The van der Waals surface area contributed by atoms with Gasteiger partial charge in [-0.15, -0.1) is 0 Å². The van der Waals surface area contributed by atoms with Crippen LogP contribution in [0.1, 0.15) is 12.0 Å². The SMILES string of the molecule is COCCN(CCOC)C(CC(=O)O)Cc1ccccc1. The minimum absolute atomic E-state index is 0.0600. The van der Waals surface area contributed by atoms with Gasteiger partial charge in [0.25, 0.3) is 0 Å².